The number of nitrogens with zero attached hydrogens (tertiary/aromatic N) is 4. The van der Waals surface area contributed by atoms with Crippen molar-refractivity contribution in [3.05, 3.63) is 41.2 Å². The highest BCUT2D eigenvalue weighted by atomic mass is 32.2. The van der Waals surface area contributed by atoms with E-state index in [4.69, 9.17) is 0 Å². The van der Waals surface area contributed by atoms with Crippen molar-refractivity contribution in [2.45, 2.75) is 57.9 Å². The molecule has 9 nitrogen and oxygen atoms in total. The maximum Gasteiger partial charge on any atom is 0.246 e. The number of piperidine rings is 1. The highest BCUT2D eigenvalue weighted by Gasteiger charge is 2.36. The van der Waals surface area contributed by atoms with Gasteiger partial charge in [0, 0.05) is 31.9 Å². The second kappa shape index (κ2) is 9.87. The Morgan fingerprint density at radius 3 is 2.53 bits per heavy atom. The van der Waals surface area contributed by atoms with Crippen LogP contribution in [-0.2, 0) is 26.2 Å². The van der Waals surface area contributed by atoms with Crippen LogP contribution in [0.5, 0.6) is 0 Å². The highest BCUT2D eigenvalue weighted by molar-refractivity contribution is 7.89. The van der Waals surface area contributed by atoms with E-state index in [9.17, 15) is 18.0 Å². The van der Waals surface area contributed by atoms with Crippen LogP contribution in [0.2, 0.25) is 0 Å². The summed E-state index contributed by atoms with van der Waals surface area (Å²) in [5, 5.41) is 7.31. The number of likely N-dealkylation sites (tertiary alicyclic amines) is 1. The van der Waals surface area contributed by atoms with Crippen molar-refractivity contribution in [3.8, 4) is 0 Å². The van der Waals surface area contributed by atoms with Gasteiger partial charge in [0.2, 0.25) is 21.8 Å². The number of carbonyl (C=O) groups is 2. The average molecular weight is 488 g/mol. The smallest absolute Gasteiger partial charge is 0.246 e. The first-order valence-corrected chi connectivity index (χ1v) is 13.3. The minimum atomic E-state index is -3.86. The third-order valence-corrected chi connectivity index (χ3v) is 8.82. The molecule has 10 heteroatoms. The van der Waals surface area contributed by atoms with Gasteiger partial charge in [-0.15, -0.1) is 0 Å². The SMILES string of the molecule is Cc1cccc(NC(=O)[C@H]2CCCN(S(=O)(=O)c3c(C)nn(CC(=O)N4CCCC4)c3C)C2)c1. The average Bonchev–Trinajstić information content (AvgIpc) is 3.42. The van der Waals surface area contributed by atoms with Crippen LogP contribution in [0.3, 0.4) is 0 Å². The maximum atomic E-state index is 13.6. The van der Waals surface area contributed by atoms with E-state index in [2.05, 4.69) is 10.4 Å². The summed E-state index contributed by atoms with van der Waals surface area (Å²) in [6.07, 6.45) is 3.22. The number of rotatable bonds is 6. The predicted octanol–water partition coefficient (Wildman–Crippen LogP) is 2.47. The summed E-state index contributed by atoms with van der Waals surface area (Å²) in [4.78, 5) is 27.4. The molecule has 0 bridgehead atoms. The fraction of sp³-hybridized carbons (Fsp3) is 0.542. The molecule has 2 fully saturated rings. The van der Waals surface area contributed by atoms with Crippen molar-refractivity contribution in [3.63, 3.8) is 0 Å². The molecule has 1 atom stereocenters. The van der Waals surface area contributed by atoms with Gasteiger partial charge in [0.05, 0.1) is 17.3 Å². The molecule has 2 aliphatic heterocycles. The lowest BCUT2D eigenvalue weighted by atomic mass is 9.98. The van der Waals surface area contributed by atoms with Gasteiger partial charge in [0.15, 0.2) is 0 Å². The van der Waals surface area contributed by atoms with Crippen LogP contribution in [0.25, 0.3) is 0 Å². The fourth-order valence-electron chi connectivity index (χ4n) is 4.87. The Kier molecular flexibility index (Phi) is 7.09. The zero-order valence-corrected chi connectivity index (χ0v) is 20.9. The van der Waals surface area contributed by atoms with E-state index < -0.39 is 15.9 Å². The molecule has 0 aliphatic carbocycles. The number of amides is 2. The summed E-state index contributed by atoms with van der Waals surface area (Å²) in [7, 11) is -3.86. The third-order valence-electron chi connectivity index (χ3n) is 6.70. The molecule has 0 saturated carbocycles. The lowest BCUT2D eigenvalue weighted by molar-refractivity contribution is -0.131. The van der Waals surface area contributed by atoms with Crippen LogP contribution in [-0.4, -0.2) is 65.4 Å². The van der Waals surface area contributed by atoms with Gasteiger partial charge in [-0.2, -0.15) is 9.40 Å². The highest BCUT2D eigenvalue weighted by Crippen LogP contribution is 2.28. The molecule has 184 valence electrons. The second-order valence-electron chi connectivity index (χ2n) is 9.31. The topological polar surface area (TPSA) is 105 Å². The Hall–Kier alpha value is -2.72. The van der Waals surface area contributed by atoms with Crippen molar-refractivity contribution >= 4 is 27.5 Å². The van der Waals surface area contributed by atoms with E-state index in [0.29, 0.717) is 36.5 Å². The molecule has 2 saturated heterocycles. The molecule has 0 unspecified atom stereocenters. The van der Waals surface area contributed by atoms with Gasteiger partial charge in [0.25, 0.3) is 0 Å². The minimum Gasteiger partial charge on any atom is -0.341 e. The van der Waals surface area contributed by atoms with Gasteiger partial charge in [-0.25, -0.2) is 8.42 Å². The largest absolute Gasteiger partial charge is 0.341 e. The number of nitrogens with one attached hydrogen (secondary N) is 1. The number of carbonyl (C=O) groups excluding carboxylic acids is 2. The van der Waals surface area contributed by atoms with Crippen LogP contribution in [0, 0.1) is 26.7 Å². The number of sulfonamides is 1. The Bertz CT molecular complexity index is 1180. The molecule has 2 aliphatic rings. The van der Waals surface area contributed by atoms with Crippen LogP contribution in [0.1, 0.15) is 42.6 Å². The van der Waals surface area contributed by atoms with Gasteiger partial charge in [-0.3, -0.25) is 14.3 Å². The summed E-state index contributed by atoms with van der Waals surface area (Å²) in [6, 6.07) is 7.54. The normalized spacial score (nSPS) is 19.4. The predicted molar refractivity (Wildman–Crippen MR) is 129 cm³/mol. The van der Waals surface area contributed by atoms with E-state index >= 15 is 0 Å². The number of hydrogen-bond acceptors (Lipinski definition) is 5. The molecule has 1 N–H and O–H groups in total. The fourth-order valence-corrected chi connectivity index (χ4v) is 6.77. The van der Waals surface area contributed by atoms with Gasteiger partial charge < -0.3 is 10.2 Å². The molecule has 0 radical (unpaired) electrons. The van der Waals surface area contributed by atoms with Crippen LogP contribution < -0.4 is 5.32 Å². The van der Waals surface area contributed by atoms with E-state index in [1.807, 2.05) is 31.2 Å². The van der Waals surface area contributed by atoms with Crippen LogP contribution in [0.4, 0.5) is 5.69 Å². The van der Waals surface area contributed by atoms with Gasteiger partial charge in [0.1, 0.15) is 11.4 Å². The second-order valence-corrected chi connectivity index (χ2v) is 11.2. The van der Waals surface area contributed by atoms with E-state index in [0.717, 1.165) is 31.5 Å². The zero-order chi connectivity index (χ0) is 24.5. The van der Waals surface area contributed by atoms with Crippen molar-refractivity contribution in [2.24, 2.45) is 5.92 Å². The molecule has 2 amide bonds. The van der Waals surface area contributed by atoms with Crippen molar-refractivity contribution in [2.75, 3.05) is 31.5 Å². The Balaban J connectivity index is 1.49. The lowest BCUT2D eigenvalue weighted by Crippen LogP contribution is -2.44. The molecule has 34 heavy (non-hydrogen) atoms. The van der Waals surface area contributed by atoms with Crippen molar-refractivity contribution < 1.29 is 18.0 Å². The van der Waals surface area contributed by atoms with E-state index in [-0.39, 0.29) is 29.8 Å². The summed E-state index contributed by atoms with van der Waals surface area (Å²) in [5.41, 5.74) is 2.58. The number of anilines is 1. The van der Waals surface area contributed by atoms with Crippen molar-refractivity contribution in [1.82, 2.24) is 19.0 Å². The Labute approximate surface area is 201 Å². The maximum absolute atomic E-state index is 13.6. The standard InChI is InChI=1S/C24H33N5O4S/c1-17-8-6-10-21(14-17)25-24(31)20-9-7-13-28(15-20)34(32,33)23-18(2)26-29(19(23)3)16-22(30)27-11-4-5-12-27/h6,8,10,14,20H,4-5,7,9,11-13,15-16H2,1-3H3,(H,25,31)/t20-/m0/s1. The summed E-state index contributed by atoms with van der Waals surface area (Å²) >= 11 is 0. The zero-order valence-electron chi connectivity index (χ0n) is 20.1. The van der Waals surface area contributed by atoms with Gasteiger partial charge in [-0.1, -0.05) is 12.1 Å². The number of hydrogen-bond donors (Lipinski definition) is 1. The van der Waals surface area contributed by atoms with Crippen LogP contribution in [0.15, 0.2) is 29.2 Å². The molecule has 3 heterocycles. The summed E-state index contributed by atoms with van der Waals surface area (Å²) in [6.45, 7) is 7.28. The van der Waals surface area contributed by atoms with Crippen molar-refractivity contribution in [1.29, 1.82) is 0 Å². The van der Waals surface area contributed by atoms with Gasteiger partial charge in [-0.05, 0) is 64.2 Å². The monoisotopic (exact) mass is 487 g/mol. The molecular weight excluding hydrogens is 454 g/mol. The Morgan fingerprint density at radius 1 is 1.09 bits per heavy atom. The first-order chi connectivity index (χ1) is 16.2. The van der Waals surface area contributed by atoms with Gasteiger partial charge >= 0.3 is 0 Å². The van der Waals surface area contributed by atoms with E-state index in [1.165, 1.54) is 8.99 Å². The minimum absolute atomic E-state index is 0.0315. The number of benzene rings is 1. The van der Waals surface area contributed by atoms with E-state index in [1.54, 1.807) is 18.7 Å². The number of aromatic nitrogens is 2. The van der Waals surface area contributed by atoms with Crippen LogP contribution >= 0.6 is 0 Å². The molecule has 1 aromatic heterocycles. The molecule has 4 rings (SSSR count). The molecule has 2 aromatic rings. The first kappa shape index (κ1) is 24.4. The molecular formula is C24H33N5O4S. The number of aryl methyl sites for hydroxylation is 2. The Morgan fingerprint density at radius 2 is 1.82 bits per heavy atom. The quantitative estimate of drug-likeness (QED) is 0.674. The molecule has 0 spiro atoms. The summed E-state index contributed by atoms with van der Waals surface area (Å²) in [5.74, 6) is -0.653. The third kappa shape index (κ3) is 5.02. The first-order valence-electron chi connectivity index (χ1n) is 11.9. The lowest BCUT2D eigenvalue weighted by Gasteiger charge is -2.31. The summed E-state index contributed by atoms with van der Waals surface area (Å²) < 4.78 is 30.1. The molecule has 1 aromatic carbocycles.